The average Bonchev–Trinajstić information content (AvgIpc) is 2.99. The van der Waals surface area contributed by atoms with E-state index < -0.39 is 0 Å². The number of aryl methyl sites for hydroxylation is 1. The zero-order valence-electron chi connectivity index (χ0n) is 13.5. The zero-order valence-corrected chi connectivity index (χ0v) is 13.5. The lowest BCUT2D eigenvalue weighted by Crippen LogP contribution is -2.38. The summed E-state index contributed by atoms with van der Waals surface area (Å²) in [5.41, 5.74) is 2.03. The summed E-state index contributed by atoms with van der Waals surface area (Å²) >= 11 is 0. The molecule has 0 saturated carbocycles. The number of piperidine rings is 1. The number of rotatable bonds is 4. The van der Waals surface area contributed by atoms with E-state index in [-0.39, 0.29) is 0 Å². The molecule has 6 heteroatoms. The number of methoxy groups -OCH3 is 1. The van der Waals surface area contributed by atoms with E-state index >= 15 is 0 Å². The first kappa shape index (κ1) is 15.0. The topological polar surface area (TPSA) is 56.1 Å². The van der Waals surface area contributed by atoms with E-state index in [4.69, 9.17) is 4.74 Å². The predicted octanol–water partition coefficient (Wildman–Crippen LogP) is 2.28. The number of aromatic nitrogens is 4. The summed E-state index contributed by atoms with van der Waals surface area (Å²) in [4.78, 5) is 6.78. The van der Waals surface area contributed by atoms with E-state index in [2.05, 4.69) is 44.6 Å². The van der Waals surface area contributed by atoms with Gasteiger partial charge in [-0.1, -0.05) is 6.07 Å². The van der Waals surface area contributed by atoms with Crippen LogP contribution in [0.1, 0.15) is 25.3 Å². The van der Waals surface area contributed by atoms with E-state index in [0.29, 0.717) is 6.10 Å². The normalized spacial score (nSPS) is 16.2. The quantitative estimate of drug-likeness (QED) is 0.867. The number of hydrogen-bond donors (Lipinski definition) is 0. The van der Waals surface area contributed by atoms with Crippen molar-refractivity contribution in [2.75, 3.05) is 25.1 Å². The molecule has 118 valence electrons. The fraction of sp³-hybridized carbons (Fsp3) is 0.562. The van der Waals surface area contributed by atoms with Gasteiger partial charge in [0.05, 0.1) is 6.10 Å². The Morgan fingerprint density at radius 1 is 1.27 bits per heavy atom. The van der Waals surface area contributed by atoms with Crippen molar-refractivity contribution in [2.45, 2.75) is 39.3 Å². The van der Waals surface area contributed by atoms with Gasteiger partial charge < -0.3 is 9.64 Å². The predicted molar refractivity (Wildman–Crippen MR) is 85.9 cm³/mol. The van der Waals surface area contributed by atoms with Gasteiger partial charge in [0.2, 0.25) is 5.95 Å². The summed E-state index contributed by atoms with van der Waals surface area (Å²) in [6.45, 7) is 6.92. The van der Waals surface area contributed by atoms with Crippen LogP contribution in [-0.2, 0) is 11.3 Å². The van der Waals surface area contributed by atoms with Crippen molar-refractivity contribution >= 4 is 5.95 Å². The second-order valence-electron chi connectivity index (χ2n) is 5.66. The highest BCUT2D eigenvalue weighted by atomic mass is 16.5. The third kappa shape index (κ3) is 2.70. The van der Waals surface area contributed by atoms with Crippen molar-refractivity contribution in [2.24, 2.45) is 0 Å². The molecule has 1 aliphatic heterocycles. The highest BCUT2D eigenvalue weighted by Crippen LogP contribution is 2.25. The summed E-state index contributed by atoms with van der Waals surface area (Å²) in [5, 5.41) is 8.85. The van der Waals surface area contributed by atoms with Crippen molar-refractivity contribution in [3.05, 3.63) is 23.9 Å². The van der Waals surface area contributed by atoms with E-state index in [9.17, 15) is 0 Å². The van der Waals surface area contributed by atoms with Gasteiger partial charge >= 0.3 is 0 Å². The van der Waals surface area contributed by atoms with E-state index in [1.54, 1.807) is 13.3 Å². The average molecular weight is 301 g/mol. The minimum absolute atomic E-state index is 0.367. The van der Waals surface area contributed by atoms with Crippen LogP contribution >= 0.6 is 0 Å². The largest absolute Gasteiger partial charge is 0.381 e. The van der Waals surface area contributed by atoms with Crippen LogP contribution in [0.25, 0.3) is 11.5 Å². The van der Waals surface area contributed by atoms with Crippen LogP contribution in [0.15, 0.2) is 18.3 Å². The number of anilines is 1. The molecule has 6 nitrogen and oxygen atoms in total. The van der Waals surface area contributed by atoms with Crippen LogP contribution in [0.4, 0.5) is 5.95 Å². The van der Waals surface area contributed by atoms with Gasteiger partial charge in [-0.25, -0.2) is 0 Å². The smallest absolute Gasteiger partial charge is 0.227 e. The molecule has 3 rings (SSSR count). The van der Waals surface area contributed by atoms with Gasteiger partial charge in [-0.2, -0.15) is 0 Å². The van der Waals surface area contributed by atoms with Crippen LogP contribution in [0, 0.1) is 6.92 Å². The number of nitrogens with zero attached hydrogens (tertiary/aromatic N) is 5. The first-order valence-corrected chi connectivity index (χ1v) is 7.87. The molecule has 0 N–H and O–H groups in total. The Hall–Kier alpha value is -1.95. The van der Waals surface area contributed by atoms with Crippen LogP contribution in [0.5, 0.6) is 0 Å². The molecule has 0 aliphatic carbocycles. The Morgan fingerprint density at radius 2 is 2.05 bits per heavy atom. The first-order valence-electron chi connectivity index (χ1n) is 7.87. The van der Waals surface area contributed by atoms with Crippen LogP contribution in [-0.4, -0.2) is 46.1 Å². The maximum absolute atomic E-state index is 5.44. The van der Waals surface area contributed by atoms with Gasteiger partial charge in [0.15, 0.2) is 5.82 Å². The monoisotopic (exact) mass is 301 g/mol. The van der Waals surface area contributed by atoms with Crippen LogP contribution < -0.4 is 4.90 Å². The maximum atomic E-state index is 5.44. The van der Waals surface area contributed by atoms with Gasteiger partial charge in [0.25, 0.3) is 0 Å². The van der Waals surface area contributed by atoms with Crippen LogP contribution in [0.2, 0.25) is 0 Å². The summed E-state index contributed by atoms with van der Waals surface area (Å²) in [6.07, 6.45) is 4.24. The van der Waals surface area contributed by atoms with Crippen LogP contribution in [0.3, 0.4) is 0 Å². The second-order valence-corrected chi connectivity index (χ2v) is 5.66. The fourth-order valence-corrected chi connectivity index (χ4v) is 3.01. The molecule has 2 aromatic heterocycles. The van der Waals surface area contributed by atoms with Crippen molar-refractivity contribution in [3.63, 3.8) is 0 Å². The lowest BCUT2D eigenvalue weighted by molar-refractivity contribution is 0.0815. The molecule has 1 aliphatic rings. The Kier molecular flexibility index (Phi) is 4.38. The van der Waals surface area contributed by atoms with Gasteiger partial charge in [-0.15, -0.1) is 10.2 Å². The maximum Gasteiger partial charge on any atom is 0.227 e. The SMILES string of the molecule is CCn1c(-c2ncccc2C)nnc1N1CCC(OC)CC1. The van der Waals surface area contributed by atoms with Crippen molar-refractivity contribution in [3.8, 4) is 11.5 Å². The molecule has 0 bridgehead atoms. The van der Waals surface area contributed by atoms with E-state index in [1.165, 1.54) is 0 Å². The molecule has 22 heavy (non-hydrogen) atoms. The number of hydrogen-bond acceptors (Lipinski definition) is 5. The lowest BCUT2D eigenvalue weighted by Gasteiger charge is -2.31. The van der Waals surface area contributed by atoms with Crippen molar-refractivity contribution < 1.29 is 4.74 Å². The Labute approximate surface area is 131 Å². The van der Waals surface area contributed by atoms with Gasteiger partial charge in [-0.05, 0) is 38.3 Å². The van der Waals surface area contributed by atoms with E-state index in [1.807, 2.05) is 6.07 Å². The van der Waals surface area contributed by atoms with Crippen molar-refractivity contribution in [1.29, 1.82) is 0 Å². The molecule has 2 aromatic rings. The van der Waals surface area contributed by atoms with Gasteiger partial charge in [0.1, 0.15) is 5.69 Å². The third-order valence-corrected chi connectivity index (χ3v) is 4.33. The molecule has 3 heterocycles. The Bertz CT molecular complexity index is 631. The Balaban J connectivity index is 1.90. The molecule has 0 spiro atoms. The molecule has 0 radical (unpaired) electrons. The zero-order chi connectivity index (χ0) is 15.5. The molecule has 0 atom stereocenters. The minimum atomic E-state index is 0.367. The number of pyridine rings is 1. The Morgan fingerprint density at radius 3 is 2.68 bits per heavy atom. The van der Waals surface area contributed by atoms with Gasteiger partial charge in [0, 0.05) is 32.9 Å². The van der Waals surface area contributed by atoms with E-state index in [0.717, 1.165) is 55.5 Å². The first-order chi connectivity index (χ1) is 10.7. The third-order valence-electron chi connectivity index (χ3n) is 4.33. The summed E-state index contributed by atoms with van der Waals surface area (Å²) in [7, 11) is 1.79. The molecular formula is C16H23N5O. The standard InChI is InChI=1S/C16H23N5O/c1-4-21-15(14-12(2)6-5-9-17-14)18-19-16(21)20-10-7-13(22-3)8-11-20/h5-6,9,13H,4,7-8,10-11H2,1-3H3. The second kappa shape index (κ2) is 6.44. The summed E-state index contributed by atoms with van der Waals surface area (Å²) in [5.74, 6) is 1.79. The minimum Gasteiger partial charge on any atom is -0.381 e. The molecule has 1 fully saturated rings. The molecule has 0 amide bonds. The molecule has 0 unspecified atom stereocenters. The van der Waals surface area contributed by atoms with Gasteiger partial charge in [-0.3, -0.25) is 9.55 Å². The van der Waals surface area contributed by atoms with Crippen molar-refractivity contribution in [1.82, 2.24) is 19.7 Å². The molecule has 0 aromatic carbocycles. The molecular weight excluding hydrogens is 278 g/mol. The summed E-state index contributed by atoms with van der Waals surface area (Å²) < 4.78 is 7.60. The lowest BCUT2D eigenvalue weighted by atomic mass is 10.1. The number of ether oxygens (including phenoxy) is 1. The summed E-state index contributed by atoms with van der Waals surface area (Å²) in [6, 6.07) is 4.00. The highest BCUT2D eigenvalue weighted by Gasteiger charge is 2.24. The fourth-order valence-electron chi connectivity index (χ4n) is 3.01. The molecule has 1 saturated heterocycles. The highest BCUT2D eigenvalue weighted by molar-refractivity contribution is 5.57.